The Balaban J connectivity index is 2.42. The van der Waals surface area contributed by atoms with Gasteiger partial charge in [0.05, 0.1) is 13.2 Å². The number of amides is 1. The van der Waals surface area contributed by atoms with E-state index in [1.54, 1.807) is 29.2 Å². The summed E-state index contributed by atoms with van der Waals surface area (Å²) in [5.41, 5.74) is 0.452. The molecule has 0 atom stereocenters. The van der Waals surface area contributed by atoms with Crippen LogP contribution in [0.25, 0.3) is 0 Å². The van der Waals surface area contributed by atoms with Gasteiger partial charge in [-0.2, -0.15) is 0 Å². The number of carbonyl (C=O) groups excluding carboxylic acids is 1. The van der Waals surface area contributed by atoms with Crippen molar-refractivity contribution in [3.63, 3.8) is 0 Å². The Hall–Kier alpha value is -1.72. The number of halogens is 1. The SMILES string of the molecule is C=CCN(CCO)CC(=O)NCc1ccccc1F. The van der Waals surface area contributed by atoms with E-state index in [4.69, 9.17) is 5.11 Å². The molecule has 2 N–H and O–H groups in total. The first-order valence-corrected chi connectivity index (χ1v) is 6.11. The average molecular weight is 266 g/mol. The van der Waals surface area contributed by atoms with E-state index in [0.29, 0.717) is 18.7 Å². The fourth-order valence-corrected chi connectivity index (χ4v) is 1.65. The van der Waals surface area contributed by atoms with Gasteiger partial charge >= 0.3 is 0 Å². The summed E-state index contributed by atoms with van der Waals surface area (Å²) in [4.78, 5) is 13.5. The molecular weight excluding hydrogens is 247 g/mol. The highest BCUT2D eigenvalue weighted by atomic mass is 19.1. The van der Waals surface area contributed by atoms with Crippen LogP contribution in [0.15, 0.2) is 36.9 Å². The maximum Gasteiger partial charge on any atom is 0.234 e. The number of aliphatic hydroxyl groups excluding tert-OH is 1. The second-order valence-corrected chi connectivity index (χ2v) is 4.12. The molecule has 1 amide bonds. The van der Waals surface area contributed by atoms with E-state index in [2.05, 4.69) is 11.9 Å². The normalized spacial score (nSPS) is 10.5. The van der Waals surface area contributed by atoms with E-state index in [0.717, 1.165) is 0 Å². The minimum absolute atomic E-state index is 0.0194. The standard InChI is InChI=1S/C14H19FN2O2/c1-2-7-17(8-9-18)11-14(19)16-10-12-5-3-4-6-13(12)15/h2-6,18H,1,7-11H2,(H,16,19). The zero-order valence-electron chi connectivity index (χ0n) is 10.8. The number of aliphatic hydroxyl groups is 1. The molecule has 0 aliphatic rings. The lowest BCUT2D eigenvalue weighted by Crippen LogP contribution is -2.38. The van der Waals surface area contributed by atoms with Crippen molar-refractivity contribution in [2.24, 2.45) is 0 Å². The zero-order chi connectivity index (χ0) is 14.1. The molecule has 0 saturated carbocycles. The van der Waals surface area contributed by atoms with Crippen LogP contribution >= 0.6 is 0 Å². The molecule has 0 fully saturated rings. The lowest BCUT2D eigenvalue weighted by Gasteiger charge is -2.18. The molecule has 0 aliphatic carbocycles. The minimum Gasteiger partial charge on any atom is -0.395 e. The minimum atomic E-state index is -0.332. The molecular formula is C14H19FN2O2. The Morgan fingerprint density at radius 3 is 2.84 bits per heavy atom. The van der Waals surface area contributed by atoms with Crippen LogP contribution in [0, 0.1) is 5.82 Å². The number of carbonyl (C=O) groups is 1. The quantitative estimate of drug-likeness (QED) is 0.688. The van der Waals surface area contributed by atoms with Crippen molar-refractivity contribution in [3.8, 4) is 0 Å². The molecule has 1 rings (SSSR count). The molecule has 0 spiro atoms. The van der Waals surface area contributed by atoms with Crippen LogP contribution in [-0.4, -0.2) is 42.2 Å². The maximum absolute atomic E-state index is 13.3. The van der Waals surface area contributed by atoms with Gasteiger partial charge in [-0.05, 0) is 6.07 Å². The van der Waals surface area contributed by atoms with Crippen molar-refractivity contribution in [1.29, 1.82) is 0 Å². The van der Waals surface area contributed by atoms with Gasteiger partial charge in [0.25, 0.3) is 0 Å². The molecule has 0 unspecified atom stereocenters. The molecule has 1 aromatic carbocycles. The fourth-order valence-electron chi connectivity index (χ4n) is 1.65. The van der Waals surface area contributed by atoms with E-state index < -0.39 is 0 Å². The second-order valence-electron chi connectivity index (χ2n) is 4.12. The van der Waals surface area contributed by atoms with Gasteiger partial charge in [0, 0.05) is 25.2 Å². The van der Waals surface area contributed by atoms with Crippen molar-refractivity contribution >= 4 is 5.91 Å². The van der Waals surface area contributed by atoms with E-state index in [1.807, 2.05) is 0 Å². The van der Waals surface area contributed by atoms with Crippen molar-refractivity contribution in [1.82, 2.24) is 10.2 Å². The second kappa shape index (κ2) is 8.39. The number of rotatable bonds is 8. The van der Waals surface area contributed by atoms with Gasteiger partial charge in [0.15, 0.2) is 0 Å². The largest absolute Gasteiger partial charge is 0.395 e. The topological polar surface area (TPSA) is 52.6 Å². The Kier molecular flexibility index (Phi) is 6.78. The van der Waals surface area contributed by atoms with Gasteiger partial charge in [-0.25, -0.2) is 4.39 Å². The number of hydrogen-bond acceptors (Lipinski definition) is 3. The first-order valence-electron chi connectivity index (χ1n) is 6.11. The fraction of sp³-hybridized carbons (Fsp3) is 0.357. The van der Waals surface area contributed by atoms with Crippen LogP contribution in [0.5, 0.6) is 0 Å². The van der Waals surface area contributed by atoms with Crippen LogP contribution in [0.2, 0.25) is 0 Å². The van der Waals surface area contributed by atoms with Crippen LogP contribution < -0.4 is 5.32 Å². The summed E-state index contributed by atoms with van der Waals surface area (Å²) < 4.78 is 13.3. The van der Waals surface area contributed by atoms with Gasteiger partial charge in [-0.1, -0.05) is 24.3 Å². The third-order valence-electron chi connectivity index (χ3n) is 2.60. The summed E-state index contributed by atoms with van der Waals surface area (Å²) in [7, 11) is 0. The first-order chi connectivity index (χ1) is 9.17. The monoisotopic (exact) mass is 266 g/mol. The van der Waals surface area contributed by atoms with Gasteiger partial charge < -0.3 is 10.4 Å². The Bertz CT molecular complexity index is 424. The van der Waals surface area contributed by atoms with Crippen LogP contribution in [0.4, 0.5) is 4.39 Å². The van der Waals surface area contributed by atoms with Gasteiger partial charge in [0.2, 0.25) is 5.91 Å². The summed E-state index contributed by atoms with van der Waals surface area (Å²) in [6.07, 6.45) is 1.67. The van der Waals surface area contributed by atoms with Gasteiger partial charge in [-0.3, -0.25) is 9.69 Å². The summed E-state index contributed by atoms with van der Waals surface area (Å²) >= 11 is 0. The maximum atomic E-state index is 13.3. The average Bonchev–Trinajstić information content (AvgIpc) is 2.38. The number of nitrogens with one attached hydrogen (secondary N) is 1. The highest BCUT2D eigenvalue weighted by molar-refractivity contribution is 5.78. The third kappa shape index (κ3) is 5.63. The third-order valence-corrected chi connectivity index (χ3v) is 2.60. The summed E-state index contributed by atoms with van der Waals surface area (Å²) in [5, 5.41) is 11.5. The molecule has 1 aromatic rings. The first kappa shape index (κ1) is 15.3. The zero-order valence-corrected chi connectivity index (χ0v) is 10.8. The summed E-state index contributed by atoms with van der Waals surface area (Å²) in [6.45, 7) is 4.81. The Morgan fingerprint density at radius 1 is 1.47 bits per heavy atom. The molecule has 0 heterocycles. The highest BCUT2D eigenvalue weighted by Gasteiger charge is 2.09. The van der Waals surface area contributed by atoms with E-state index in [-0.39, 0.29) is 31.4 Å². The summed E-state index contributed by atoms with van der Waals surface area (Å²) in [6, 6.07) is 6.32. The molecule has 0 aromatic heterocycles. The number of nitrogens with zero attached hydrogens (tertiary/aromatic N) is 1. The van der Waals surface area contributed by atoms with E-state index in [1.165, 1.54) is 6.07 Å². The summed E-state index contributed by atoms with van der Waals surface area (Å²) in [5.74, 6) is -0.542. The lowest BCUT2D eigenvalue weighted by molar-refractivity contribution is -0.122. The van der Waals surface area contributed by atoms with Crippen molar-refractivity contribution in [3.05, 3.63) is 48.3 Å². The van der Waals surface area contributed by atoms with E-state index >= 15 is 0 Å². The number of hydrogen-bond donors (Lipinski definition) is 2. The predicted octanol–water partition coefficient (Wildman–Crippen LogP) is 0.922. The van der Waals surface area contributed by atoms with Crippen LogP contribution in [0.1, 0.15) is 5.56 Å². The Morgan fingerprint density at radius 2 is 2.21 bits per heavy atom. The van der Waals surface area contributed by atoms with Crippen LogP contribution in [-0.2, 0) is 11.3 Å². The van der Waals surface area contributed by atoms with Gasteiger partial charge in [0.1, 0.15) is 5.82 Å². The highest BCUT2D eigenvalue weighted by Crippen LogP contribution is 2.05. The molecule has 0 radical (unpaired) electrons. The van der Waals surface area contributed by atoms with Crippen LogP contribution in [0.3, 0.4) is 0 Å². The van der Waals surface area contributed by atoms with E-state index in [9.17, 15) is 9.18 Å². The molecule has 0 aliphatic heterocycles. The van der Waals surface area contributed by atoms with Crippen molar-refractivity contribution < 1.29 is 14.3 Å². The molecule has 104 valence electrons. The molecule has 4 nitrogen and oxygen atoms in total. The molecule has 0 bridgehead atoms. The molecule has 5 heteroatoms. The smallest absolute Gasteiger partial charge is 0.234 e. The van der Waals surface area contributed by atoms with Crippen molar-refractivity contribution in [2.45, 2.75) is 6.54 Å². The molecule has 0 saturated heterocycles. The molecule has 19 heavy (non-hydrogen) atoms. The number of benzene rings is 1. The predicted molar refractivity (Wildman–Crippen MR) is 72.0 cm³/mol. The van der Waals surface area contributed by atoms with Crippen molar-refractivity contribution in [2.75, 3.05) is 26.2 Å². The Labute approximate surface area is 112 Å². The van der Waals surface area contributed by atoms with Gasteiger partial charge in [-0.15, -0.1) is 6.58 Å². The lowest BCUT2D eigenvalue weighted by atomic mass is 10.2.